The second-order valence-electron chi connectivity index (χ2n) is 4.08. The molecule has 0 aliphatic heterocycles. The molecular formula is C13H11N5O2. The Labute approximate surface area is 113 Å². The molecule has 0 fully saturated rings. The summed E-state index contributed by atoms with van der Waals surface area (Å²) in [6.07, 6.45) is 1.36. The fourth-order valence-corrected chi connectivity index (χ4v) is 1.91. The quantitative estimate of drug-likeness (QED) is 0.718. The number of hydrogen-bond acceptors (Lipinski definition) is 6. The lowest BCUT2D eigenvalue weighted by Crippen LogP contribution is -2.12. The van der Waals surface area contributed by atoms with Crippen molar-refractivity contribution in [3.63, 3.8) is 0 Å². The van der Waals surface area contributed by atoms with Crippen LogP contribution in [-0.4, -0.2) is 27.0 Å². The topological polar surface area (TPSA) is 107 Å². The number of nitrogens with two attached hydrogens (primary N) is 1. The Hall–Kier alpha value is -2.96. The van der Waals surface area contributed by atoms with Crippen LogP contribution in [0.1, 0.15) is 0 Å². The second kappa shape index (κ2) is 4.61. The van der Waals surface area contributed by atoms with E-state index in [1.54, 1.807) is 19.2 Å². The molecule has 7 heteroatoms. The molecule has 1 aromatic carbocycles. The summed E-state index contributed by atoms with van der Waals surface area (Å²) in [6, 6.07) is 7.25. The number of methoxy groups -OCH3 is 1. The van der Waals surface area contributed by atoms with Crippen molar-refractivity contribution in [2.75, 3.05) is 12.8 Å². The molecule has 0 unspecified atom stereocenters. The molecule has 0 bridgehead atoms. The first kappa shape index (κ1) is 12.1. The highest BCUT2D eigenvalue weighted by Crippen LogP contribution is 2.26. The van der Waals surface area contributed by atoms with Crippen LogP contribution in [0.4, 0.5) is 5.95 Å². The number of aromatic amines is 1. The second-order valence-corrected chi connectivity index (χ2v) is 4.08. The summed E-state index contributed by atoms with van der Waals surface area (Å²) >= 11 is 0. The first-order valence-electron chi connectivity index (χ1n) is 5.85. The summed E-state index contributed by atoms with van der Waals surface area (Å²) in [5.41, 5.74) is 6.12. The van der Waals surface area contributed by atoms with Gasteiger partial charge in [-0.3, -0.25) is 4.79 Å². The molecule has 3 N–H and O–H groups in total. The molecule has 0 amide bonds. The summed E-state index contributed by atoms with van der Waals surface area (Å²) in [5.74, 6) is 1.05. The fourth-order valence-electron chi connectivity index (χ4n) is 1.91. The van der Waals surface area contributed by atoms with Crippen LogP contribution in [0.25, 0.3) is 22.4 Å². The van der Waals surface area contributed by atoms with Gasteiger partial charge in [0, 0.05) is 6.20 Å². The highest BCUT2D eigenvalue weighted by Gasteiger charge is 2.11. The smallest absolute Gasteiger partial charge is 0.262 e. The molecule has 0 spiro atoms. The van der Waals surface area contributed by atoms with Crippen LogP contribution in [-0.2, 0) is 0 Å². The highest BCUT2D eigenvalue weighted by atomic mass is 16.5. The monoisotopic (exact) mass is 269 g/mol. The molecule has 20 heavy (non-hydrogen) atoms. The number of anilines is 1. The molecule has 0 saturated carbocycles. The van der Waals surface area contributed by atoms with Gasteiger partial charge in [0.15, 0.2) is 5.65 Å². The summed E-state index contributed by atoms with van der Waals surface area (Å²) in [6.45, 7) is 0. The lowest BCUT2D eigenvalue weighted by atomic mass is 10.2. The molecule has 7 nitrogen and oxygen atoms in total. The van der Waals surface area contributed by atoms with Crippen LogP contribution >= 0.6 is 0 Å². The van der Waals surface area contributed by atoms with E-state index in [9.17, 15) is 4.79 Å². The van der Waals surface area contributed by atoms with Crippen molar-refractivity contribution in [1.29, 1.82) is 0 Å². The Morgan fingerprint density at radius 3 is 2.85 bits per heavy atom. The zero-order valence-corrected chi connectivity index (χ0v) is 10.6. The van der Waals surface area contributed by atoms with E-state index in [0.29, 0.717) is 17.1 Å². The molecule has 100 valence electrons. The minimum Gasteiger partial charge on any atom is -0.496 e. The van der Waals surface area contributed by atoms with E-state index in [1.807, 2.05) is 12.1 Å². The van der Waals surface area contributed by atoms with Gasteiger partial charge in [-0.25, -0.2) is 9.97 Å². The van der Waals surface area contributed by atoms with E-state index < -0.39 is 0 Å². The number of nitrogens with one attached hydrogen (secondary N) is 1. The minimum atomic E-state index is -0.323. The van der Waals surface area contributed by atoms with Crippen LogP contribution in [0.15, 0.2) is 35.3 Å². The fraction of sp³-hybridized carbons (Fsp3) is 0.0769. The number of aromatic nitrogens is 4. The van der Waals surface area contributed by atoms with Crippen molar-refractivity contribution >= 4 is 17.0 Å². The van der Waals surface area contributed by atoms with Crippen molar-refractivity contribution < 1.29 is 4.74 Å². The van der Waals surface area contributed by atoms with Crippen molar-refractivity contribution in [1.82, 2.24) is 19.9 Å². The van der Waals surface area contributed by atoms with E-state index >= 15 is 0 Å². The zero-order valence-electron chi connectivity index (χ0n) is 10.6. The van der Waals surface area contributed by atoms with E-state index in [2.05, 4.69) is 19.9 Å². The number of para-hydroxylation sites is 1. The molecule has 0 aliphatic rings. The first-order chi connectivity index (χ1) is 9.69. The van der Waals surface area contributed by atoms with Gasteiger partial charge < -0.3 is 15.5 Å². The SMILES string of the molecule is COc1ccccc1-c1nc2nc(N)ncc2c(=O)[nH]1. The Morgan fingerprint density at radius 2 is 2.05 bits per heavy atom. The summed E-state index contributed by atoms with van der Waals surface area (Å²) < 4.78 is 5.26. The Bertz CT molecular complexity index is 844. The molecule has 2 aromatic heterocycles. The largest absolute Gasteiger partial charge is 0.496 e. The van der Waals surface area contributed by atoms with Gasteiger partial charge in [-0.05, 0) is 12.1 Å². The molecule has 0 atom stereocenters. The number of hydrogen-bond donors (Lipinski definition) is 2. The normalized spacial score (nSPS) is 10.7. The Balaban J connectivity index is 2.29. The van der Waals surface area contributed by atoms with Crippen LogP contribution < -0.4 is 16.0 Å². The lowest BCUT2D eigenvalue weighted by molar-refractivity contribution is 0.416. The number of benzene rings is 1. The van der Waals surface area contributed by atoms with Crippen LogP contribution in [0.3, 0.4) is 0 Å². The number of rotatable bonds is 2. The minimum absolute atomic E-state index is 0.0709. The number of ether oxygens (including phenoxy) is 1. The maximum absolute atomic E-state index is 12.0. The summed E-state index contributed by atoms with van der Waals surface area (Å²) in [7, 11) is 1.55. The average molecular weight is 269 g/mol. The number of fused-ring (bicyclic) bond motifs is 1. The van der Waals surface area contributed by atoms with E-state index in [4.69, 9.17) is 10.5 Å². The van der Waals surface area contributed by atoms with Gasteiger partial charge in [0.1, 0.15) is 17.0 Å². The lowest BCUT2D eigenvalue weighted by Gasteiger charge is -2.07. The van der Waals surface area contributed by atoms with Gasteiger partial charge in [0.05, 0.1) is 12.7 Å². The van der Waals surface area contributed by atoms with E-state index in [-0.39, 0.29) is 22.5 Å². The van der Waals surface area contributed by atoms with E-state index in [0.717, 1.165) is 0 Å². The summed E-state index contributed by atoms with van der Waals surface area (Å²) in [4.78, 5) is 26.8. The third-order valence-corrected chi connectivity index (χ3v) is 2.84. The van der Waals surface area contributed by atoms with Gasteiger partial charge >= 0.3 is 0 Å². The Morgan fingerprint density at radius 1 is 1.25 bits per heavy atom. The zero-order chi connectivity index (χ0) is 14.1. The van der Waals surface area contributed by atoms with Crippen LogP contribution in [0.5, 0.6) is 5.75 Å². The molecule has 2 heterocycles. The molecule has 3 aromatic rings. The van der Waals surface area contributed by atoms with Gasteiger partial charge in [-0.2, -0.15) is 4.98 Å². The number of H-pyrrole nitrogens is 1. The molecule has 3 rings (SSSR count). The predicted molar refractivity (Wildman–Crippen MR) is 74.4 cm³/mol. The third-order valence-electron chi connectivity index (χ3n) is 2.84. The van der Waals surface area contributed by atoms with E-state index in [1.165, 1.54) is 6.20 Å². The van der Waals surface area contributed by atoms with Crippen molar-refractivity contribution in [3.8, 4) is 17.1 Å². The molecule has 0 saturated heterocycles. The van der Waals surface area contributed by atoms with Crippen molar-refractivity contribution in [2.45, 2.75) is 0 Å². The molecular weight excluding hydrogens is 258 g/mol. The number of nitrogen functional groups attached to an aromatic ring is 1. The summed E-state index contributed by atoms with van der Waals surface area (Å²) in [5, 5.41) is 0.290. The maximum Gasteiger partial charge on any atom is 0.262 e. The van der Waals surface area contributed by atoms with Gasteiger partial charge in [-0.1, -0.05) is 12.1 Å². The first-order valence-corrected chi connectivity index (χ1v) is 5.85. The predicted octanol–water partition coefficient (Wildman–Crippen LogP) is 0.971. The van der Waals surface area contributed by atoms with Gasteiger partial charge in [0.2, 0.25) is 5.95 Å². The third kappa shape index (κ3) is 1.95. The highest BCUT2D eigenvalue weighted by molar-refractivity contribution is 5.76. The van der Waals surface area contributed by atoms with Crippen molar-refractivity contribution in [2.24, 2.45) is 0 Å². The standard InChI is InChI=1S/C13H11N5O2/c1-20-9-5-3-2-4-7(9)10-16-11-8(12(19)17-10)6-15-13(14)18-11/h2-6H,1H3,(H3,14,15,16,17,18,19). The number of nitrogens with zero attached hydrogens (tertiary/aromatic N) is 3. The molecule has 0 radical (unpaired) electrons. The average Bonchev–Trinajstić information content (AvgIpc) is 2.46. The van der Waals surface area contributed by atoms with Gasteiger partial charge in [0.25, 0.3) is 5.56 Å². The Kier molecular flexibility index (Phi) is 2.79. The van der Waals surface area contributed by atoms with Crippen molar-refractivity contribution in [3.05, 3.63) is 40.8 Å². The van der Waals surface area contributed by atoms with Crippen LogP contribution in [0.2, 0.25) is 0 Å². The van der Waals surface area contributed by atoms with Gasteiger partial charge in [-0.15, -0.1) is 0 Å². The molecule has 0 aliphatic carbocycles. The maximum atomic E-state index is 12.0. The van der Waals surface area contributed by atoms with Crippen LogP contribution in [0, 0.1) is 0 Å².